The fourth-order valence-electron chi connectivity index (χ4n) is 4.86. The molecule has 5 rings (SSSR count). The van der Waals surface area contributed by atoms with E-state index in [0.717, 1.165) is 57.3 Å². The Labute approximate surface area is 211 Å². The summed E-state index contributed by atoms with van der Waals surface area (Å²) in [6, 6.07) is 15.4. The number of benzene rings is 2. The number of ether oxygens (including phenoxy) is 3. The average molecular weight is 494 g/mol. The summed E-state index contributed by atoms with van der Waals surface area (Å²) in [7, 11) is 0. The molecule has 0 saturated carbocycles. The molecule has 8 heteroatoms. The van der Waals surface area contributed by atoms with Crippen molar-refractivity contribution in [3.63, 3.8) is 0 Å². The number of hydrogen-bond donors (Lipinski definition) is 0. The second-order valence-corrected chi connectivity index (χ2v) is 9.18. The molecule has 0 aliphatic carbocycles. The average Bonchev–Trinajstić information content (AvgIpc) is 2.91. The highest BCUT2D eigenvalue weighted by atomic mass is 16.5. The predicted octanol–water partition coefficient (Wildman–Crippen LogP) is 3.22. The number of hydrogen-bond acceptors (Lipinski definition) is 8. The molecule has 3 heterocycles. The van der Waals surface area contributed by atoms with Crippen molar-refractivity contribution in [2.24, 2.45) is 0 Å². The Morgan fingerprint density at radius 1 is 0.861 bits per heavy atom. The predicted molar refractivity (Wildman–Crippen MR) is 140 cm³/mol. The lowest BCUT2D eigenvalue weighted by molar-refractivity contribution is 0.0313. The molecule has 2 fully saturated rings. The molecule has 2 saturated heterocycles. The zero-order chi connectivity index (χ0) is 24.7. The fourth-order valence-corrected chi connectivity index (χ4v) is 4.86. The highest BCUT2D eigenvalue weighted by Crippen LogP contribution is 2.29. The van der Waals surface area contributed by atoms with Crippen LogP contribution >= 0.6 is 0 Å². The largest absolute Gasteiger partial charge is 0.492 e. The van der Waals surface area contributed by atoms with Gasteiger partial charge in [0.2, 0.25) is 0 Å². The number of piperazine rings is 1. The molecule has 0 atom stereocenters. The van der Waals surface area contributed by atoms with E-state index in [4.69, 9.17) is 18.6 Å². The molecule has 0 amide bonds. The molecule has 0 N–H and O–H groups in total. The monoisotopic (exact) mass is 493 g/mol. The van der Waals surface area contributed by atoms with Crippen LogP contribution in [-0.2, 0) is 11.3 Å². The Bertz CT molecular complexity index is 1200. The van der Waals surface area contributed by atoms with Crippen molar-refractivity contribution in [1.82, 2.24) is 9.80 Å². The zero-order valence-corrected chi connectivity index (χ0v) is 21.0. The van der Waals surface area contributed by atoms with Crippen molar-refractivity contribution in [2.45, 2.75) is 13.5 Å². The molecule has 2 aliphatic heterocycles. The van der Waals surface area contributed by atoms with Gasteiger partial charge in [-0.15, -0.1) is 0 Å². The first kappa shape index (κ1) is 24.6. The molecule has 0 radical (unpaired) electrons. The molecule has 36 heavy (non-hydrogen) atoms. The van der Waals surface area contributed by atoms with E-state index in [9.17, 15) is 4.79 Å². The maximum atomic E-state index is 12.7. The lowest BCUT2D eigenvalue weighted by Crippen LogP contribution is -2.47. The second kappa shape index (κ2) is 11.8. The van der Waals surface area contributed by atoms with Gasteiger partial charge in [0.15, 0.2) is 16.8 Å². The van der Waals surface area contributed by atoms with Crippen molar-refractivity contribution >= 4 is 16.7 Å². The van der Waals surface area contributed by atoms with E-state index < -0.39 is 0 Å². The van der Waals surface area contributed by atoms with Crippen LogP contribution in [0.1, 0.15) is 12.7 Å². The Kier molecular flexibility index (Phi) is 8.05. The normalized spacial score (nSPS) is 17.4. The molecular formula is C28H35N3O5. The van der Waals surface area contributed by atoms with Crippen LogP contribution in [0.5, 0.6) is 11.5 Å². The highest BCUT2D eigenvalue weighted by molar-refractivity contribution is 5.82. The van der Waals surface area contributed by atoms with Gasteiger partial charge in [-0.2, -0.15) is 0 Å². The number of rotatable bonds is 9. The first-order valence-corrected chi connectivity index (χ1v) is 12.9. The minimum Gasteiger partial charge on any atom is -0.492 e. The van der Waals surface area contributed by atoms with E-state index >= 15 is 0 Å². The molecule has 3 aromatic rings. The lowest BCUT2D eigenvalue weighted by atomic mass is 10.2. The van der Waals surface area contributed by atoms with E-state index in [1.807, 2.05) is 31.2 Å². The zero-order valence-electron chi connectivity index (χ0n) is 21.0. The van der Waals surface area contributed by atoms with Gasteiger partial charge in [0.25, 0.3) is 0 Å². The highest BCUT2D eigenvalue weighted by Gasteiger charge is 2.20. The van der Waals surface area contributed by atoms with E-state index in [1.54, 1.807) is 12.1 Å². The summed E-state index contributed by atoms with van der Waals surface area (Å²) in [5.74, 6) is 2.23. The summed E-state index contributed by atoms with van der Waals surface area (Å²) in [5.41, 5.74) is 1.66. The molecule has 192 valence electrons. The van der Waals surface area contributed by atoms with E-state index in [0.29, 0.717) is 55.5 Å². The van der Waals surface area contributed by atoms with Crippen LogP contribution in [0.4, 0.5) is 5.69 Å². The Morgan fingerprint density at radius 3 is 2.44 bits per heavy atom. The van der Waals surface area contributed by atoms with Gasteiger partial charge < -0.3 is 23.5 Å². The number of para-hydroxylation sites is 3. The molecule has 0 bridgehead atoms. The minimum absolute atomic E-state index is 0.0339. The first-order valence-electron chi connectivity index (χ1n) is 12.9. The van der Waals surface area contributed by atoms with Gasteiger partial charge in [-0.05, 0) is 31.2 Å². The summed E-state index contributed by atoms with van der Waals surface area (Å²) in [6.45, 7) is 11.5. The van der Waals surface area contributed by atoms with Crippen molar-refractivity contribution in [3.8, 4) is 11.5 Å². The maximum Gasteiger partial charge on any atom is 0.193 e. The molecule has 0 unspecified atom stereocenters. The second-order valence-electron chi connectivity index (χ2n) is 9.18. The third-order valence-corrected chi connectivity index (χ3v) is 6.80. The smallest absolute Gasteiger partial charge is 0.193 e. The summed E-state index contributed by atoms with van der Waals surface area (Å²) < 4.78 is 23.5. The van der Waals surface area contributed by atoms with Gasteiger partial charge in [-0.1, -0.05) is 18.2 Å². The summed E-state index contributed by atoms with van der Waals surface area (Å²) >= 11 is 0. The van der Waals surface area contributed by atoms with Gasteiger partial charge in [-0.25, -0.2) is 0 Å². The van der Waals surface area contributed by atoms with E-state index in [2.05, 4.69) is 26.8 Å². The standard InChI is InChI=1S/C28H35N3O5/c1-2-34-26-8-4-3-7-24(26)31-12-10-29(11-13-31)16-19-35-27-9-5-6-23-25(32)20-22(36-28(23)27)21-30-14-17-33-18-15-30/h3-9,20H,2,10-19,21H2,1H3. The summed E-state index contributed by atoms with van der Waals surface area (Å²) in [5, 5.41) is 0.555. The molecular weight excluding hydrogens is 458 g/mol. The first-order chi connectivity index (χ1) is 17.7. The molecule has 1 aromatic heterocycles. The third-order valence-electron chi connectivity index (χ3n) is 6.80. The molecule has 2 aromatic carbocycles. The third kappa shape index (κ3) is 5.83. The number of morpholine rings is 1. The van der Waals surface area contributed by atoms with Gasteiger partial charge in [-0.3, -0.25) is 14.6 Å². The number of nitrogens with zero attached hydrogens (tertiary/aromatic N) is 3. The van der Waals surface area contributed by atoms with Crippen molar-refractivity contribution < 1.29 is 18.6 Å². The van der Waals surface area contributed by atoms with Crippen LogP contribution in [0.2, 0.25) is 0 Å². The van der Waals surface area contributed by atoms with Crippen molar-refractivity contribution in [1.29, 1.82) is 0 Å². The van der Waals surface area contributed by atoms with E-state index in [1.165, 1.54) is 0 Å². The van der Waals surface area contributed by atoms with Crippen LogP contribution < -0.4 is 19.8 Å². The quantitative estimate of drug-likeness (QED) is 0.450. The van der Waals surface area contributed by atoms with Crippen LogP contribution in [0.15, 0.2) is 57.7 Å². The summed E-state index contributed by atoms with van der Waals surface area (Å²) in [6.07, 6.45) is 0. The lowest BCUT2D eigenvalue weighted by Gasteiger charge is -2.36. The Balaban J connectivity index is 1.18. The van der Waals surface area contributed by atoms with Crippen LogP contribution in [0.3, 0.4) is 0 Å². The van der Waals surface area contributed by atoms with Crippen molar-refractivity contribution in [2.75, 3.05) is 77.1 Å². The van der Waals surface area contributed by atoms with Gasteiger partial charge in [0.05, 0.1) is 37.4 Å². The molecule has 2 aliphatic rings. The Hall–Kier alpha value is -3.07. The van der Waals surface area contributed by atoms with Gasteiger partial charge in [0.1, 0.15) is 18.1 Å². The van der Waals surface area contributed by atoms with Gasteiger partial charge in [0, 0.05) is 51.9 Å². The summed E-state index contributed by atoms with van der Waals surface area (Å²) in [4.78, 5) is 19.8. The molecule has 8 nitrogen and oxygen atoms in total. The van der Waals surface area contributed by atoms with Gasteiger partial charge >= 0.3 is 0 Å². The van der Waals surface area contributed by atoms with E-state index in [-0.39, 0.29) is 5.43 Å². The number of anilines is 1. The molecule has 0 spiro atoms. The SMILES string of the molecule is CCOc1ccccc1N1CCN(CCOc2cccc3c(=O)cc(CN4CCOCC4)oc23)CC1. The van der Waals surface area contributed by atoms with Crippen LogP contribution in [-0.4, -0.2) is 82.0 Å². The van der Waals surface area contributed by atoms with Crippen LogP contribution in [0, 0.1) is 0 Å². The topological polar surface area (TPSA) is 67.6 Å². The Morgan fingerprint density at radius 2 is 1.64 bits per heavy atom. The number of fused-ring (bicyclic) bond motifs is 1. The maximum absolute atomic E-state index is 12.7. The minimum atomic E-state index is -0.0339. The van der Waals surface area contributed by atoms with Crippen LogP contribution in [0.25, 0.3) is 11.0 Å². The van der Waals surface area contributed by atoms with Crippen molar-refractivity contribution in [3.05, 3.63) is 64.5 Å². The fraction of sp³-hybridized carbons (Fsp3) is 0.464.